The molecule has 1 unspecified atom stereocenters. The van der Waals surface area contributed by atoms with Crippen LogP contribution in [0.3, 0.4) is 0 Å². The Kier molecular flexibility index (Phi) is 4.56. The highest BCUT2D eigenvalue weighted by atomic mass is 16.5. The van der Waals surface area contributed by atoms with E-state index in [1.54, 1.807) is 0 Å². The average Bonchev–Trinajstić information content (AvgIpc) is 2.73. The normalized spacial score (nSPS) is 18.8. The fraction of sp³-hybridized carbons (Fsp3) is 0.667. The minimum absolute atomic E-state index is 0.00271. The number of carbonyl (C=O) groups excluding carboxylic acids is 2. The van der Waals surface area contributed by atoms with Crippen LogP contribution in [0, 0.1) is 5.92 Å². The van der Waals surface area contributed by atoms with Crippen LogP contribution in [-0.2, 0) is 9.53 Å². The van der Waals surface area contributed by atoms with Gasteiger partial charge >= 0.3 is 18.1 Å². The lowest BCUT2D eigenvalue weighted by Crippen LogP contribution is -2.40. The molecule has 0 aromatic carbocycles. The molecule has 4 N–H and O–H groups in total. The van der Waals surface area contributed by atoms with Gasteiger partial charge in [-0.2, -0.15) is 0 Å². The highest BCUT2D eigenvalue weighted by molar-refractivity contribution is 5.77. The second-order valence-electron chi connectivity index (χ2n) is 3.67. The van der Waals surface area contributed by atoms with E-state index in [1.807, 2.05) is 0 Å². The highest BCUT2D eigenvalue weighted by Gasteiger charge is 2.30. The van der Waals surface area contributed by atoms with Crippen molar-refractivity contribution in [1.82, 2.24) is 10.2 Å². The first-order valence-electron chi connectivity index (χ1n) is 5.18. The van der Waals surface area contributed by atoms with Crippen LogP contribution in [0.2, 0.25) is 0 Å². The average molecular weight is 245 g/mol. The fourth-order valence-corrected chi connectivity index (χ4v) is 1.57. The quantitative estimate of drug-likeness (QED) is 0.559. The van der Waals surface area contributed by atoms with Gasteiger partial charge in [-0.1, -0.05) is 0 Å². The van der Waals surface area contributed by atoms with E-state index in [-0.39, 0.29) is 25.7 Å². The topological polar surface area (TPSA) is 122 Å². The molecule has 1 atom stereocenters. The third kappa shape index (κ3) is 4.17. The van der Waals surface area contributed by atoms with Crippen LogP contribution in [-0.4, -0.2) is 54.3 Å². The Balaban J connectivity index is 2.21. The summed E-state index contributed by atoms with van der Waals surface area (Å²) in [7, 11) is 0. The van der Waals surface area contributed by atoms with Gasteiger partial charge in [-0.25, -0.2) is 9.59 Å². The number of hydrogen-bond acceptors (Lipinski definition) is 4. The Bertz CT molecular complexity index is 320. The third-order valence-corrected chi connectivity index (χ3v) is 2.45. The maximum atomic E-state index is 11.5. The predicted octanol–water partition coefficient (Wildman–Crippen LogP) is -0.802. The SMILES string of the molecule is NC(=O)OCCNC(=O)N1CCC(C(=O)O)C1. The molecule has 1 heterocycles. The van der Waals surface area contributed by atoms with Crippen molar-refractivity contribution >= 4 is 18.1 Å². The van der Waals surface area contributed by atoms with E-state index in [0.29, 0.717) is 13.0 Å². The van der Waals surface area contributed by atoms with Crippen molar-refractivity contribution in [2.75, 3.05) is 26.2 Å². The van der Waals surface area contributed by atoms with Crippen molar-refractivity contribution in [2.45, 2.75) is 6.42 Å². The number of nitrogens with one attached hydrogen (secondary N) is 1. The van der Waals surface area contributed by atoms with Gasteiger partial charge < -0.3 is 25.8 Å². The second kappa shape index (κ2) is 5.92. The number of aliphatic carboxylic acids is 1. The third-order valence-electron chi connectivity index (χ3n) is 2.45. The number of amides is 3. The monoisotopic (exact) mass is 245 g/mol. The van der Waals surface area contributed by atoms with Gasteiger partial charge in [0.25, 0.3) is 0 Å². The Morgan fingerprint density at radius 2 is 2.18 bits per heavy atom. The lowest BCUT2D eigenvalue weighted by Gasteiger charge is -2.16. The van der Waals surface area contributed by atoms with Crippen LogP contribution < -0.4 is 11.1 Å². The lowest BCUT2D eigenvalue weighted by molar-refractivity contribution is -0.141. The van der Waals surface area contributed by atoms with Gasteiger partial charge in [-0.3, -0.25) is 4.79 Å². The van der Waals surface area contributed by atoms with E-state index in [4.69, 9.17) is 10.8 Å². The molecule has 17 heavy (non-hydrogen) atoms. The summed E-state index contributed by atoms with van der Waals surface area (Å²) in [6, 6.07) is -0.359. The number of carboxylic acids is 1. The molecule has 96 valence electrons. The maximum Gasteiger partial charge on any atom is 0.404 e. The standard InChI is InChI=1S/C9H15N3O5/c10-8(15)17-4-2-11-9(16)12-3-1-6(5-12)7(13)14/h6H,1-5H2,(H2,10,15)(H,11,16)(H,13,14). The van der Waals surface area contributed by atoms with Crippen LogP contribution >= 0.6 is 0 Å². The molecule has 0 radical (unpaired) electrons. The Morgan fingerprint density at radius 1 is 1.47 bits per heavy atom. The molecule has 1 aliphatic heterocycles. The fourth-order valence-electron chi connectivity index (χ4n) is 1.57. The second-order valence-corrected chi connectivity index (χ2v) is 3.67. The molecule has 0 aromatic heterocycles. The number of carbonyl (C=O) groups is 3. The molecule has 1 aliphatic rings. The number of nitrogens with zero attached hydrogens (tertiary/aromatic N) is 1. The maximum absolute atomic E-state index is 11.5. The Hall–Kier alpha value is -1.99. The van der Waals surface area contributed by atoms with Gasteiger partial charge in [0, 0.05) is 13.1 Å². The van der Waals surface area contributed by atoms with E-state index < -0.39 is 18.0 Å². The zero-order valence-corrected chi connectivity index (χ0v) is 9.22. The molecular weight excluding hydrogens is 230 g/mol. The molecule has 0 saturated carbocycles. The molecule has 1 rings (SSSR count). The summed E-state index contributed by atoms with van der Waals surface area (Å²) in [6.07, 6.45) is -0.438. The number of urea groups is 1. The van der Waals surface area contributed by atoms with Gasteiger partial charge in [0.2, 0.25) is 0 Å². The number of hydrogen-bond donors (Lipinski definition) is 3. The van der Waals surface area contributed by atoms with Crippen molar-refractivity contribution in [3.8, 4) is 0 Å². The summed E-state index contributed by atoms with van der Waals surface area (Å²) in [5.41, 5.74) is 4.73. The van der Waals surface area contributed by atoms with Crippen molar-refractivity contribution in [3.05, 3.63) is 0 Å². The van der Waals surface area contributed by atoms with Crippen LogP contribution in [0.15, 0.2) is 0 Å². The Morgan fingerprint density at radius 3 is 2.71 bits per heavy atom. The van der Waals surface area contributed by atoms with E-state index in [1.165, 1.54) is 4.90 Å². The van der Waals surface area contributed by atoms with Crippen LogP contribution in [0.25, 0.3) is 0 Å². The zero-order chi connectivity index (χ0) is 12.8. The summed E-state index contributed by atoms with van der Waals surface area (Å²) in [5.74, 6) is -1.39. The molecule has 1 fully saturated rings. The van der Waals surface area contributed by atoms with E-state index in [0.717, 1.165) is 0 Å². The van der Waals surface area contributed by atoms with Crippen molar-refractivity contribution in [2.24, 2.45) is 11.7 Å². The predicted molar refractivity (Wildman–Crippen MR) is 56.2 cm³/mol. The highest BCUT2D eigenvalue weighted by Crippen LogP contribution is 2.15. The molecule has 8 heteroatoms. The number of ether oxygens (including phenoxy) is 1. The molecule has 8 nitrogen and oxygen atoms in total. The smallest absolute Gasteiger partial charge is 0.404 e. The largest absolute Gasteiger partial charge is 0.481 e. The van der Waals surface area contributed by atoms with Gasteiger partial charge in [0.05, 0.1) is 12.5 Å². The van der Waals surface area contributed by atoms with Crippen LogP contribution in [0.4, 0.5) is 9.59 Å². The van der Waals surface area contributed by atoms with Crippen molar-refractivity contribution in [1.29, 1.82) is 0 Å². The molecule has 0 aromatic rings. The van der Waals surface area contributed by atoms with Gasteiger partial charge in [0.1, 0.15) is 6.61 Å². The minimum atomic E-state index is -0.897. The number of carboxylic acid groups (broad SMARTS) is 1. The van der Waals surface area contributed by atoms with Crippen molar-refractivity contribution in [3.63, 3.8) is 0 Å². The van der Waals surface area contributed by atoms with Gasteiger partial charge in [-0.05, 0) is 6.42 Å². The Labute approximate surface area is 97.7 Å². The van der Waals surface area contributed by atoms with Crippen LogP contribution in [0.5, 0.6) is 0 Å². The summed E-state index contributed by atoms with van der Waals surface area (Å²) >= 11 is 0. The first-order chi connectivity index (χ1) is 8.00. The first-order valence-corrected chi connectivity index (χ1v) is 5.18. The lowest BCUT2D eigenvalue weighted by atomic mass is 10.1. The summed E-state index contributed by atoms with van der Waals surface area (Å²) in [4.78, 5) is 33.8. The van der Waals surface area contributed by atoms with E-state index >= 15 is 0 Å². The molecular formula is C9H15N3O5. The molecule has 0 aliphatic carbocycles. The molecule has 1 saturated heterocycles. The number of nitrogens with two attached hydrogens (primary N) is 1. The van der Waals surface area contributed by atoms with Crippen molar-refractivity contribution < 1.29 is 24.2 Å². The number of likely N-dealkylation sites (tertiary alicyclic amines) is 1. The molecule has 0 spiro atoms. The minimum Gasteiger partial charge on any atom is -0.481 e. The zero-order valence-electron chi connectivity index (χ0n) is 9.22. The summed E-state index contributed by atoms with van der Waals surface area (Å²) in [5, 5.41) is 11.3. The van der Waals surface area contributed by atoms with Gasteiger partial charge in [-0.15, -0.1) is 0 Å². The first kappa shape index (κ1) is 13.1. The number of primary amides is 1. The van der Waals surface area contributed by atoms with E-state index in [2.05, 4.69) is 10.1 Å². The number of rotatable bonds is 4. The van der Waals surface area contributed by atoms with Crippen LogP contribution in [0.1, 0.15) is 6.42 Å². The summed E-state index contributed by atoms with van der Waals surface area (Å²) < 4.78 is 4.43. The molecule has 3 amide bonds. The summed E-state index contributed by atoms with van der Waals surface area (Å²) in [6.45, 7) is 0.768. The van der Waals surface area contributed by atoms with E-state index in [9.17, 15) is 14.4 Å². The molecule has 0 bridgehead atoms. The van der Waals surface area contributed by atoms with Gasteiger partial charge in [0.15, 0.2) is 0 Å².